The minimum atomic E-state index is 0.351. The number of hydrogen-bond acceptors (Lipinski definition) is 1. The second-order valence-corrected chi connectivity index (χ2v) is 5.68. The van der Waals surface area contributed by atoms with Gasteiger partial charge >= 0.3 is 0 Å². The summed E-state index contributed by atoms with van der Waals surface area (Å²) in [5.41, 5.74) is 8.43. The molecule has 0 spiro atoms. The second-order valence-electron chi connectivity index (χ2n) is 5.68. The van der Waals surface area contributed by atoms with Gasteiger partial charge in [-0.3, -0.25) is 0 Å². The van der Waals surface area contributed by atoms with Crippen LogP contribution in [0.2, 0.25) is 0 Å². The van der Waals surface area contributed by atoms with Gasteiger partial charge in [0.05, 0.1) is 6.04 Å². The molecule has 1 nitrogen and oxygen atoms in total. The third-order valence-electron chi connectivity index (χ3n) is 4.22. The van der Waals surface area contributed by atoms with Gasteiger partial charge < -0.3 is 5.32 Å². The molecule has 1 unspecified atom stereocenters. The molecule has 98 valence electrons. The maximum atomic E-state index is 3.66. The Balaban J connectivity index is 2.05. The first-order chi connectivity index (χ1) is 9.15. The third kappa shape index (κ3) is 2.31. The van der Waals surface area contributed by atoms with E-state index in [1.807, 2.05) is 0 Å². The lowest BCUT2D eigenvalue weighted by Crippen LogP contribution is -2.30. The number of rotatable bonds is 1. The van der Waals surface area contributed by atoms with Crippen molar-refractivity contribution in [3.05, 3.63) is 69.8 Å². The molecule has 0 radical (unpaired) electrons. The van der Waals surface area contributed by atoms with Crippen molar-refractivity contribution in [2.75, 3.05) is 6.54 Å². The van der Waals surface area contributed by atoms with E-state index >= 15 is 0 Å². The normalized spacial score (nSPS) is 18.2. The number of aryl methyl sites for hydroxylation is 3. The Morgan fingerprint density at radius 1 is 0.947 bits per heavy atom. The van der Waals surface area contributed by atoms with Crippen molar-refractivity contribution < 1.29 is 0 Å². The molecule has 1 aliphatic rings. The van der Waals surface area contributed by atoms with Crippen LogP contribution >= 0.6 is 0 Å². The molecular formula is C18H21N. The highest BCUT2D eigenvalue weighted by Crippen LogP contribution is 2.30. The van der Waals surface area contributed by atoms with Crippen LogP contribution in [0, 0.1) is 20.8 Å². The molecule has 2 aromatic carbocycles. The smallest absolute Gasteiger partial charge is 0.0579 e. The molecule has 0 fully saturated rings. The molecular weight excluding hydrogens is 230 g/mol. The van der Waals surface area contributed by atoms with Gasteiger partial charge in [0.15, 0.2) is 0 Å². The summed E-state index contributed by atoms with van der Waals surface area (Å²) >= 11 is 0. The average molecular weight is 251 g/mol. The van der Waals surface area contributed by atoms with E-state index < -0.39 is 0 Å². The molecule has 1 N–H and O–H groups in total. The Morgan fingerprint density at radius 3 is 2.58 bits per heavy atom. The van der Waals surface area contributed by atoms with E-state index in [0.29, 0.717) is 6.04 Å². The van der Waals surface area contributed by atoms with E-state index in [0.717, 1.165) is 13.0 Å². The monoisotopic (exact) mass is 251 g/mol. The maximum Gasteiger partial charge on any atom is 0.0579 e. The Labute approximate surface area is 115 Å². The second kappa shape index (κ2) is 4.82. The third-order valence-corrected chi connectivity index (χ3v) is 4.22. The van der Waals surface area contributed by atoms with Gasteiger partial charge in [-0.05, 0) is 55.0 Å². The summed E-state index contributed by atoms with van der Waals surface area (Å²) in [6.07, 6.45) is 1.14. The molecule has 19 heavy (non-hydrogen) atoms. The topological polar surface area (TPSA) is 12.0 Å². The highest BCUT2D eigenvalue weighted by molar-refractivity contribution is 5.43. The summed E-state index contributed by atoms with van der Waals surface area (Å²) < 4.78 is 0. The van der Waals surface area contributed by atoms with E-state index in [4.69, 9.17) is 0 Å². The number of nitrogens with one attached hydrogen (secondary N) is 1. The fourth-order valence-corrected chi connectivity index (χ4v) is 2.94. The van der Waals surface area contributed by atoms with Gasteiger partial charge in [-0.15, -0.1) is 0 Å². The van der Waals surface area contributed by atoms with Gasteiger partial charge in [-0.25, -0.2) is 0 Å². The molecule has 1 heteroatoms. The van der Waals surface area contributed by atoms with Crippen LogP contribution in [0.1, 0.15) is 39.4 Å². The standard InChI is InChI=1S/C18H21N/c1-12-4-7-17-15(10-12)8-9-19-18(17)16-6-5-13(2)14(3)11-16/h4-7,10-11,18-19H,8-9H2,1-3H3. The lowest BCUT2D eigenvalue weighted by molar-refractivity contribution is 0.567. The van der Waals surface area contributed by atoms with Crippen LogP contribution in [-0.2, 0) is 6.42 Å². The molecule has 0 saturated heterocycles. The van der Waals surface area contributed by atoms with Crippen LogP contribution in [0.5, 0.6) is 0 Å². The van der Waals surface area contributed by atoms with Gasteiger partial charge in [0.1, 0.15) is 0 Å². The van der Waals surface area contributed by atoms with Crippen LogP contribution in [0.15, 0.2) is 36.4 Å². The van der Waals surface area contributed by atoms with Crippen molar-refractivity contribution in [3.8, 4) is 0 Å². The lowest BCUT2D eigenvalue weighted by Gasteiger charge is -2.28. The number of benzene rings is 2. The van der Waals surface area contributed by atoms with Gasteiger partial charge in [-0.2, -0.15) is 0 Å². The highest BCUT2D eigenvalue weighted by atomic mass is 14.9. The zero-order valence-electron chi connectivity index (χ0n) is 12.0. The van der Waals surface area contributed by atoms with Crippen molar-refractivity contribution in [2.24, 2.45) is 0 Å². The predicted molar refractivity (Wildman–Crippen MR) is 80.6 cm³/mol. The van der Waals surface area contributed by atoms with Crippen molar-refractivity contribution in [2.45, 2.75) is 33.2 Å². The summed E-state index contributed by atoms with van der Waals surface area (Å²) in [5.74, 6) is 0. The molecule has 0 amide bonds. The van der Waals surface area contributed by atoms with Crippen LogP contribution in [0.3, 0.4) is 0 Å². The predicted octanol–water partition coefficient (Wildman–Crippen LogP) is 3.85. The molecule has 0 saturated carbocycles. The molecule has 0 bridgehead atoms. The van der Waals surface area contributed by atoms with Gasteiger partial charge in [0, 0.05) is 6.54 Å². The van der Waals surface area contributed by atoms with Crippen LogP contribution in [0.4, 0.5) is 0 Å². The molecule has 0 aliphatic carbocycles. The number of hydrogen-bond donors (Lipinski definition) is 1. The Morgan fingerprint density at radius 2 is 1.79 bits per heavy atom. The summed E-state index contributed by atoms with van der Waals surface area (Å²) in [4.78, 5) is 0. The van der Waals surface area contributed by atoms with Crippen molar-refractivity contribution >= 4 is 0 Å². The number of fused-ring (bicyclic) bond motifs is 1. The van der Waals surface area contributed by atoms with E-state index in [2.05, 4.69) is 62.5 Å². The molecule has 1 heterocycles. The van der Waals surface area contributed by atoms with Gasteiger partial charge in [0.2, 0.25) is 0 Å². The van der Waals surface area contributed by atoms with Gasteiger partial charge in [0.25, 0.3) is 0 Å². The lowest BCUT2D eigenvalue weighted by atomic mass is 9.88. The van der Waals surface area contributed by atoms with E-state index in [1.54, 1.807) is 0 Å². The van der Waals surface area contributed by atoms with Crippen molar-refractivity contribution in [1.82, 2.24) is 5.32 Å². The molecule has 2 aromatic rings. The first-order valence-electron chi connectivity index (χ1n) is 7.05. The first kappa shape index (κ1) is 12.4. The van der Waals surface area contributed by atoms with E-state index in [9.17, 15) is 0 Å². The summed E-state index contributed by atoms with van der Waals surface area (Å²) in [5, 5.41) is 3.66. The van der Waals surface area contributed by atoms with Crippen molar-refractivity contribution in [3.63, 3.8) is 0 Å². The summed E-state index contributed by atoms with van der Waals surface area (Å²) in [7, 11) is 0. The molecule has 3 rings (SSSR count). The average Bonchev–Trinajstić information content (AvgIpc) is 2.41. The van der Waals surface area contributed by atoms with Crippen LogP contribution in [-0.4, -0.2) is 6.54 Å². The molecule has 1 atom stereocenters. The highest BCUT2D eigenvalue weighted by Gasteiger charge is 2.21. The first-order valence-corrected chi connectivity index (χ1v) is 7.05. The largest absolute Gasteiger partial charge is 0.306 e. The maximum absolute atomic E-state index is 3.66. The minimum Gasteiger partial charge on any atom is -0.306 e. The zero-order chi connectivity index (χ0) is 13.4. The van der Waals surface area contributed by atoms with Crippen molar-refractivity contribution in [1.29, 1.82) is 0 Å². The molecule has 1 aliphatic heterocycles. The summed E-state index contributed by atoms with van der Waals surface area (Å²) in [6.45, 7) is 7.60. The Hall–Kier alpha value is -1.60. The fourth-order valence-electron chi connectivity index (χ4n) is 2.94. The SMILES string of the molecule is Cc1ccc2c(c1)CCNC2c1ccc(C)c(C)c1. The van der Waals surface area contributed by atoms with Crippen LogP contribution < -0.4 is 5.32 Å². The molecule has 0 aromatic heterocycles. The van der Waals surface area contributed by atoms with Gasteiger partial charge in [-0.1, -0.05) is 42.0 Å². The zero-order valence-corrected chi connectivity index (χ0v) is 12.0. The Kier molecular flexibility index (Phi) is 3.16. The Bertz CT molecular complexity index is 613. The summed E-state index contributed by atoms with van der Waals surface area (Å²) in [6, 6.07) is 14.0. The quantitative estimate of drug-likeness (QED) is 0.812. The minimum absolute atomic E-state index is 0.351. The van der Waals surface area contributed by atoms with E-state index in [1.165, 1.54) is 33.4 Å². The van der Waals surface area contributed by atoms with E-state index in [-0.39, 0.29) is 0 Å². The fraction of sp³-hybridized carbons (Fsp3) is 0.333. The van der Waals surface area contributed by atoms with Crippen LogP contribution in [0.25, 0.3) is 0 Å².